The summed E-state index contributed by atoms with van der Waals surface area (Å²) in [6.07, 6.45) is 1.64. The average molecular weight is 906 g/mol. The van der Waals surface area contributed by atoms with Crippen LogP contribution in [0.25, 0.3) is 22.3 Å². The summed E-state index contributed by atoms with van der Waals surface area (Å²) < 4.78 is 27.2. The predicted molar refractivity (Wildman–Crippen MR) is 248 cm³/mol. The van der Waals surface area contributed by atoms with Gasteiger partial charge in [0, 0.05) is 72.9 Å². The third-order valence-corrected chi connectivity index (χ3v) is 11.8. The van der Waals surface area contributed by atoms with Crippen LogP contribution in [0.1, 0.15) is 84.5 Å². The second-order valence-corrected chi connectivity index (χ2v) is 16.4. The molecule has 0 aliphatic carbocycles. The molecule has 0 fully saturated rings. The second kappa shape index (κ2) is 20.1. The summed E-state index contributed by atoms with van der Waals surface area (Å²) >= 11 is 12.2. The number of hydrogen-bond acceptors (Lipinski definition) is 8. The van der Waals surface area contributed by atoms with Gasteiger partial charge in [0.05, 0.1) is 39.3 Å². The molecule has 2 N–H and O–H groups in total. The minimum Gasteiger partial charge on any atom is -0.497 e. The highest BCUT2D eigenvalue weighted by molar-refractivity contribution is 6.30. The highest BCUT2D eigenvalue weighted by Crippen LogP contribution is 2.48. The van der Waals surface area contributed by atoms with Crippen LogP contribution in [0.4, 0.5) is 0 Å². The SMILES string of the molecule is CCNC(=O)C[C@@H]1O[C@@H](c2ccc(Cl)cc2)c2cc(OC)ccc2-c2cn(C)c(=O)cc21.CCNC(=O)C[C@@H]1O[C@H](c2ccc(Cl)cc2)c2cc(OC)ccc2-c2cn(C)c(=O)cc21. The molecule has 0 radical (unpaired) electrons. The number of amides is 2. The van der Waals surface area contributed by atoms with Gasteiger partial charge in [-0.2, -0.15) is 0 Å². The van der Waals surface area contributed by atoms with E-state index in [1.54, 1.807) is 62.0 Å². The maximum Gasteiger partial charge on any atom is 0.250 e. The summed E-state index contributed by atoms with van der Waals surface area (Å²) in [4.78, 5) is 50.1. The highest BCUT2D eigenvalue weighted by atomic mass is 35.5. The van der Waals surface area contributed by atoms with Crippen LogP contribution in [-0.4, -0.2) is 48.3 Å². The van der Waals surface area contributed by atoms with E-state index in [1.807, 2.05) is 98.8 Å². The quantitative estimate of drug-likeness (QED) is 0.139. The summed E-state index contributed by atoms with van der Waals surface area (Å²) in [6, 6.07) is 29.6. The molecule has 0 saturated heterocycles. The van der Waals surface area contributed by atoms with Crippen LogP contribution in [0.3, 0.4) is 0 Å². The number of carbonyl (C=O) groups is 2. The average Bonchev–Trinajstić information content (AvgIpc) is 3.48. The third-order valence-electron chi connectivity index (χ3n) is 11.3. The van der Waals surface area contributed by atoms with E-state index in [2.05, 4.69) is 10.6 Å². The van der Waals surface area contributed by atoms with E-state index in [-0.39, 0.29) is 35.8 Å². The van der Waals surface area contributed by atoms with Gasteiger partial charge in [0.15, 0.2) is 0 Å². The molecule has 332 valence electrons. The first kappa shape index (κ1) is 45.8. The molecule has 14 heteroatoms. The Labute approximate surface area is 381 Å². The number of nitrogens with one attached hydrogen (secondary N) is 2. The normalized spacial score (nSPS) is 17.1. The van der Waals surface area contributed by atoms with Crippen molar-refractivity contribution in [2.75, 3.05) is 27.3 Å². The first-order valence-electron chi connectivity index (χ1n) is 20.9. The number of fused-ring (bicyclic) bond motifs is 6. The van der Waals surface area contributed by atoms with Crippen molar-refractivity contribution in [2.45, 2.75) is 51.1 Å². The maximum absolute atomic E-state index is 12.5. The summed E-state index contributed by atoms with van der Waals surface area (Å²) in [5.41, 5.74) is 8.21. The van der Waals surface area contributed by atoms with Gasteiger partial charge in [-0.05, 0) is 107 Å². The van der Waals surface area contributed by atoms with Crippen LogP contribution in [-0.2, 0) is 33.2 Å². The smallest absolute Gasteiger partial charge is 0.250 e. The number of methoxy groups -OCH3 is 2. The molecular weight excluding hydrogens is 855 g/mol. The summed E-state index contributed by atoms with van der Waals surface area (Å²) in [5.74, 6) is 1.12. The molecule has 0 saturated carbocycles. The molecule has 64 heavy (non-hydrogen) atoms. The number of aryl methyl sites for hydroxylation is 2. The van der Waals surface area contributed by atoms with E-state index in [4.69, 9.17) is 42.1 Å². The van der Waals surface area contributed by atoms with Gasteiger partial charge < -0.3 is 38.7 Å². The number of aromatic nitrogens is 2. The molecule has 4 aromatic carbocycles. The number of ether oxygens (including phenoxy) is 4. The Hall–Kier alpha value is -6.18. The van der Waals surface area contributed by atoms with Gasteiger partial charge in [-0.15, -0.1) is 0 Å². The molecule has 0 spiro atoms. The van der Waals surface area contributed by atoms with E-state index in [0.717, 1.165) is 44.5 Å². The topological polar surface area (TPSA) is 139 Å². The third kappa shape index (κ3) is 9.95. The monoisotopic (exact) mass is 904 g/mol. The van der Waals surface area contributed by atoms with Crippen LogP contribution in [0, 0.1) is 0 Å². The molecule has 6 aromatic rings. The summed E-state index contributed by atoms with van der Waals surface area (Å²) in [7, 11) is 6.66. The molecule has 2 amide bonds. The van der Waals surface area contributed by atoms with E-state index in [1.165, 1.54) is 0 Å². The highest BCUT2D eigenvalue weighted by Gasteiger charge is 2.34. The van der Waals surface area contributed by atoms with Crippen molar-refractivity contribution in [3.05, 3.63) is 174 Å². The Morgan fingerprint density at radius 2 is 0.938 bits per heavy atom. The molecule has 4 atom stereocenters. The largest absolute Gasteiger partial charge is 0.497 e. The fraction of sp³-hybridized carbons (Fsp3) is 0.280. The lowest BCUT2D eigenvalue weighted by molar-refractivity contribution is -0.125. The Morgan fingerprint density at radius 3 is 1.28 bits per heavy atom. The van der Waals surface area contributed by atoms with Crippen molar-refractivity contribution >= 4 is 35.0 Å². The van der Waals surface area contributed by atoms with E-state index >= 15 is 0 Å². The van der Waals surface area contributed by atoms with Crippen molar-refractivity contribution in [3.8, 4) is 33.8 Å². The molecule has 2 aromatic heterocycles. The molecular formula is C50H50Cl2N4O8. The van der Waals surface area contributed by atoms with Gasteiger partial charge in [-0.3, -0.25) is 19.2 Å². The van der Waals surface area contributed by atoms with E-state index in [0.29, 0.717) is 45.8 Å². The fourth-order valence-electron chi connectivity index (χ4n) is 8.14. The van der Waals surface area contributed by atoms with Gasteiger partial charge in [0.2, 0.25) is 11.8 Å². The lowest BCUT2D eigenvalue weighted by Crippen LogP contribution is -2.26. The predicted octanol–water partition coefficient (Wildman–Crippen LogP) is 8.80. The molecule has 4 heterocycles. The van der Waals surface area contributed by atoms with Crippen LogP contribution in [0.5, 0.6) is 11.5 Å². The number of rotatable bonds is 10. The van der Waals surface area contributed by atoms with Crippen LogP contribution < -0.4 is 31.2 Å². The molecule has 0 bridgehead atoms. The lowest BCUT2D eigenvalue weighted by Gasteiger charge is -2.24. The van der Waals surface area contributed by atoms with Gasteiger partial charge >= 0.3 is 0 Å². The maximum atomic E-state index is 12.5. The first-order valence-corrected chi connectivity index (χ1v) is 21.7. The number of halogens is 2. The molecule has 2 aliphatic rings. The van der Waals surface area contributed by atoms with Gasteiger partial charge in [0.25, 0.3) is 11.1 Å². The lowest BCUT2D eigenvalue weighted by atomic mass is 9.91. The molecule has 0 unspecified atom stereocenters. The molecule has 8 rings (SSSR count). The van der Waals surface area contributed by atoms with Crippen molar-refractivity contribution < 1.29 is 28.5 Å². The Balaban J connectivity index is 0.000000191. The van der Waals surface area contributed by atoms with Crippen molar-refractivity contribution in [1.82, 2.24) is 19.8 Å². The van der Waals surface area contributed by atoms with Gasteiger partial charge in [-0.1, -0.05) is 59.6 Å². The zero-order chi connectivity index (χ0) is 45.7. The zero-order valence-electron chi connectivity index (χ0n) is 36.4. The van der Waals surface area contributed by atoms with E-state index < -0.39 is 24.4 Å². The van der Waals surface area contributed by atoms with Crippen LogP contribution in [0.15, 0.2) is 119 Å². The van der Waals surface area contributed by atoms with Crippen LogP contribution in [0.2, 0.25) is 10.0 Å². The van der Waals surface area contributed by atoms with Crippen molar-refractivity contribution in [2.24, 2.45) is 14.1 Å². The fourth-order valence-corrected chi connectivity index (χ4v) is 8.39. The summed E-state index contributed by atoms with van der Waals surface area (Å²) in [5, 5.41) is 6.91. The Morgan fingerprint density at radius 1 is 0.562 bits per heavy atom. The second-order valence-electron chi connectivity index (χ2n) is 15.5. The van der Waals surface area contributed by atoms with E-state index in [9.17, 15) is 19.2 Å². The number of hydrogen-bond donors (Lipinski definition) is 2. The minimum absolute atomic E-state index is 0.100. The number of carbonyl (C=O) groups excluding carboxylic acids is 2. The summed E-state index contributed by atoms with van der Waals surface area (Å²) in [6.45, 7) is 4.78. The van der Waals surface area contributed by atoms with Gasteiger partial charge in [0.1, 0.15) is 23.7 Å². The number of nitrogens with zero attached hydrogens (tertiary/aromatic N) is 2. The molecule has 2 aliphatic heterocycles. The molecule has 12 nitrogen and oxygen atoms in total. The standard InChI is InChI=1S/2C25H25ClN2O4/c2*1-4-27-23(29)13-22-19-12-24(30)28(2)14-21(19)18-10-9-17(31-3)11-20(18)25(32-22)15-5-7-16(26)8-6-15/h2*5-12,14,22,25H,4,13H2,1-3H3,(H,27,29)/t22-,25+;22-,25-/m00/s1. The number of pyridine rings is 2. The zero-order valence-corrected chi connectivity index (χ0v) is 38.0. The minimum atomic E-state index is -0.607. The van der Waals surface area contributed by atoms with Crippen molar-refractivity contribution in [3.63, 3.8) is 0 Å². The van der Waals surface area contributed by atoms with Gasteiger partial charge in [-0.25, -0.2) is 0 Å². The van der Waals surface area contributed by atoms with Crippen molar-refractivity contribution in [1.29, 1.82) is 0 Å². The Kier molecular flexibility index (Phi) is 14.4. The van der Waals surface area contributed by atoms with Crippen LogP contribution >= 0.6 is 23.2 Å². The first-order chi connectivity index (χ1) is 30.8. The Bertz CT molecular complexity index is 2600. The number of benzene rings is 4.